The summed E-state index contributed by atoms with van der Waals surface area (Å²) in [5, 5.41) is 5.95. The Bertz CT molecular complexity index is 927. The highest BCUT2D eigenvalue weighted by Gasteiger charge is 2.32. The zero-order valence-electron chi connectivity index (χ0n) is 15.5. The average Bonchev–Trinajstić information content (AvgIpc) is 3.14. The molecule has 2 amide bonds. The third kappa shape index (κ3) is 4.45. The summed E-state index contributed by atoms with van der Waals surface area (Å²) >= 11 is 6.26. The Balaban J connectivity index is 1.70. The van der Waals surface area contributed by atoms with E-state index in [0.717, 1.165) is 16.6 Å². The molecule has 10 heteroatoms. The van der Waals surface area contributed by atoms with E-state index in [0.29, 0.717) is 22.4 Å². The number of aromatic nitrogens is 1. The Labute approximate surface area is 170 Å². The molecule has 0 bridgehead atoms. The van der Waals surface area contributed by atoms with Gasteiger partial charge in [0, 0.05) is 4.88 Å². The number of aryl methyl sites for hydroxylation is 2. The van der Waals surface area contributed by atoms with Crippen molar-refractivity contribution < 1.29 is 18.7 Å². The fourth-order valence-electron chi connectivity index (χ4n) is 2.64. The molecule has 0 unspecified atom stereocenters. The van der Waals surface area contributed by atoms with Gasteiger partial charge in [0.15, 0.2) is 5.13 Å². The lowest BCUT2D eigenvalue weighted by Gasteiger charge is -2.14. The molecule has 0 saturated carbocycles. The number of rotatable bonds is 5. The van der Waals surface area contributed by atoms with Gasteiger partial charge >= 0.3 is 6.09 Å². The average molecular weight is 423 g/mol. The van der Waals surface area contributed by atoms with Crippen molar-refractivity contribution in [3.8, 4) is 0 Å². The van der Waals surface area contributed by atoms with E-state index in [1.165, 1.54) is 28.4 Å². The standard InChI is InChI=1S/C18H19FN4O3S2/c1-9-10(2)28-17(21-9)22-16(24)14-5-4-12(6-15(14)19)23-8-13(26-18(23)25)7-20-11(3)27/h4-6,13H,7-8H2,1-3H3,(H,20,27)(H,21,22,24)/t13-/m0/s1. The van der Waals surface area contributed by atoms with E-state index in [4.69, 9.17) is 17.0 Å². The van der Waals surface area contributed by atoms with E-state index in [9.17, 15) is 14.0 Å². The maximum absolute atomic E-state index is 14.5. The molecule has 0 aliphatic carbocycles. The number of anilines is 2. The molecule has 0 spiro atoms. The number of cyclic esters (lactones) is 1. The third-order valence-electron chi connectivity index (χ3n) is 4.21. The van der Waals surface area contributed by atoms with Gasteiger partial charge in [0.05, 0.1) is 35.0 Å². The van der Waals surface area contributed by atoms with Crippen molar-refractivity contribution >= 4 is 51.4 Å². The molecule has 2 aromatic rings. The van der Waals surface area contributed by atoms with E-state index in [1.807, 2.05) is 13.8 Å². The molecule has 1 aliphatic rings. The minimum Gasteiger partial charge on any atom is -0.442 e. The SMILES string of the molecule is CC(=S)NC[C@H]1CN(c2ccc(C(=O)Nc3nc(C)c(C)s3)c(F)c2)C(=O)O1. The van der Waals surface area contributed by atoms with Gasteiger partial charge in [-0.1, -0.05) is 12.2 Å². The molecule has 7 nitrogen and oxygen atoms in total. The topological polar surface area (TPSA) is 83.6 Å². The van der Waals surface area contributed by atoms with E-state index in [2.05, 4.69) is 15.6 Å². The Morgan fingerprint density at radius 1 is 1.46 bits per heavy atom. The minimum absolute atomic E-state index is 0.128. The Hall–Kier alpha value is -2.59. The molecule has 2 heterocycles. The number of nitrogens with zero attached hydrogens (tertiary/aromatic N) is 2. The number of ether oxygens (including phenoxy) is 1. The van der Waals surface area contributed by atoms with Gasteiger partial charge in [0.2, 0.25) is 0 Å². The van der Waals surface area contributed by atoms with Crippen LogP contribution in [0.1, 0.15) is 27.9 Å². The first-order valence-corrected chi connectivity index (χ1v) is 9.74. The minimum atomic E-state index is -0.732. The third-order valence-corrected chi connectivity index (χ3v) is 5.34. The summed E-state index contributed by atoms with van der Waals surface area (Å²) in [5.41, 5.74) is 1.01. The van der Waals surface area contributed by atoms with Crippen molar-refractivity contribution in [3.63, 3.8) is 0 Å². The number of hydrogen-bond donors (Lipinski definition) is 2. The van der Waals surface area contributed by atoms with Crippen LogP contribution in [0.15, 0.2) is 18.2 Å². The number of carbonyl (C=O) groups is 2. The van der Waals surface area contributed by atoms with Crippen molar-refractivity contribution in [2.24, 2.45) is 0 Å². The van der Waals surface area contributed by atoms with Crippen LogP contribution in [0.25, 0.3) is 0 Å². The molecule has 1 atom stereocenters. The quantitative estimate of drug-likeness (QED) is 0.719. The van der Waals surface area contributed by atoms with Crippen LogP contribution < -0.4 is 15.5 Å². The lowest BCUT2D eigenvalue weighted by atomic mass is 10.1. The van der Waals surface area contributed by atoms with Gasteiger partial charge in [0.25, 0.3) is 5.91 Å². The number of amides is 2. The van der Waals surface area contributed by atoms with Crippen molar-refractivity contribution in [1.29, 1.82) is 0 Å². The van der Waals surface area contributed by atoms with Crippen LogP contribution >= 0.6 is 23.6 Å². The number of nitrogens with one attached hydrogen (secondary N) is 2. The highest BCUT2D eigenvalue weighted by atomic mass is 32.1. The first-order valence-electron chi connectivity index (χ1n) is 8.52. The van der Waals surface area contributed by atoms with Crippen LogP contribution in [0.3, 0.4) is 0 Å². The number of halogens is 1. The molecule has 1 aliphatic heterocycles. The summed E-state index contributed by atoms with van der Waals surface area (Å²) in [6.07, 6.45) is -0.966. The van der Waals surface area contributed by atoms with Gasteiger partial charge in [-0.3, -0.25) is 15.0 Å². The van der Waals surface area contributed by atoms with Crippen LogP contribution in [-0.4, -0.2) is 41.2 Å². The Kier molecular flexibility index (Phi) is 5.90. The van der Waals surface area contributed by atoms with Crippen LogP contribution in [0.2, 0.25) is 0 Å². The number of thiazole rings is 1. The summed E-state index contributed by atoms with van der Waals surface area (Å²) in [7, 11) is 0. The molecule has 1 fully saturated rings. The Morgan fingerprint density at radius 3 is 2.82 bits per heavy atom. The van der Waals surface area contributed by atoms with E-state index < -0.39 is 23.9 Å². The molecule has 1 saturated heterocycles. The fourth-order valence-corrected chi connectivity index (χ4v) is 3.54. The molecule has 0 radical (unpaired) electrons. The van der Waals surface area contributed by atoms with E-state index in [-0.39, 0.29) is 12.1 Å². The molecule has 28 heavy (non-hydrogen) atoms. The van der Waals surface area contributed by atoms with Crippen LogP contribution in [0.5, 0.6) is 0 Å². The highest BCUT2D eigenvalue weighted by molar-refractivity contribution is 7.80. The van der Waals surface area contributed by atoms with Gasteiger partial charge in [-0.15, -0.1) is 11.3 Å². The first-order chi connectivity index (χ1) is 13.2. The first kappa shape index (κ1) is 20.2. The summed E-state index contributed by atoms with van der Waals surface area (Å²) in [5.74, 6) is -1.33. The largest absolute Gasteiger partial charge is 0.442 e. The van der Waals surface area contributed by atoms with Gasteiger partial charge in [-0.2, -0.15) is 0 Å². The van der Waals surface area contributed by atoms with Gasteiger partial charge in [-0.25, -0.2) is 14.2 Å². The molecule has 2 N–H and O–H groups in total. The maximum Gasteiger partial charge on any atom is 0.414 e. The summed E-state index contributed by atoms with van der Waals surface area (Å²) in [6.45, 7) is 6.11. The second-order valence-electron chi connectivity index (χ2n) is 6.33. The molecule has 148 valence electrons. The lowest BCUT2D eigenvalue weighted by molar-refractivity contribution is 0.102. The van der Waals surface area contributed by atoms with Crippen molar-refractivity contribution in [3.05, 3.63) is 40.2 Å². The molecule has 1 aromatic carbocycles. The smallest absolute Gasteiger partial charge is 0.414 e. The predicted octanol–water partition coefficient (Wildman–Crippen LogP) is 3.41. The zero-order valence-corrected chi connectivity index (χ0v) is 17.2. The number of thiocarbonyl (C=S) groups is 1. The highest BCUT2D eigenvalue weighted by Crippen LogP contribution is 2.26. The van der Waals surface area contributed by atoms with Crippen LogP contribution in [0.4, 0.5) is 20.0 Å². The maximum atomic E-state index is 14.5. The van der Waals surface area contributed by atoms with Gasteiger partial charge in [0.1, 0.15) is 11.9 Å². The molecular formula is C18H19FN4O3S2. The number of hydrogen-bond acceptors (Lipinski definition) is 6. The predicted molar refractivity (Wildman–Crippen MR) is 110 cm³/mol. The molecule has 3 rings (SSSR count). The van der Waals surface area contributed by atoms with Crippen molar-refractivity contribution in [1.82, 2.24) is 10.3 Å². The van der Waals surface area contributed by atoms with Crippen LogP contribution in [0, 0.1) is 19.7 Å². The number of carbonyl (C=O) groups excluding carboxylic acids is 2. The van der Waals surface area contributed by atoms with Crippen molar-refractivity contribution in [2.75, 3.05) is 23.3 Å². The summed E-state index contributed by atoms with van der Waals surface area (Å²) < 4.78 is 19.8. The van der Waals surface area contributed by atoms with E-state index >= 15 is 0 Å². The van der Waals surface area contributed by atoms with Crippen molar-refractivity contribution in [2.45, 2.75) is 26.9 Å². The second kappa shape index (κ2) is 8.19. The summed E-state index contributed by atoms with van der Waals surface area (Å²) in [4.78, 5) is 31.5. The molecule has 1 aromatic heterocycles. The van der Waals surface area contributed by atoms with Gasteiger partial charge < -0.3 is 10.1 Å². The molecular weight excluding hydrogens is 403 g/mol. The number of benzene rings is 1. The lowest BCUT2D eigenvalue weighted by Crippen LogP contribution is -2.32. The fraction of sp³-hybridized carbons (Fsp3) is 0.333. The second-order valence-corrected chi connectivity index (χ2v) is 8.15. The zero-order chi connectivity index (χ0) is 20.4. The summed E-state index contributed by atoms with van der Waals surface area (Å²) in [6, 6.07) is 4.00. The Morgan fingerprint density at radius 2 is 2.21 bits per heavy atom. The normalized spacial score (nSPS) is 16.1. The van der Waals surface area contributed by atoms with Gasteiger partial charge in [-0.05, 0) is 39.0 Å². The van der Waals surface area contributed by atoms with E-state index in [1.54, 1.807) is 6.92 Å². The monoisotopic (exact) mass is 422 g/mol. The van der Waals surface area contributed by atoms with Crippen LogP contribution in [-0.2, 0) is 4.74 Å².